The molecule has 0 atom stereocenters. The SMILES string of the molecule is Cc1c(F)cc(N)cc1S(=O)(=O)NN1CCN(C)CC1. The molecule has 6 nitrogen and oxygen atoms in total. The zero-order valence-corrected chi connectivity index (χ0v) is 12.4. The van der Waals surface area contributed by atoms with Crippen molar-refractivity contribution in [3.05, 3.63) is 23.5 Å². The summed E-state index contributed by atoms with van der Waals surface area (Å²) in [6, 6.07) is 2.39. The van der Waals surface area contributed by atoms with E-state index in [0.717, 1.165) is 19.2 Å². The maximum atomic E-state index is 13.6. The molecule has 0 spiro atoms. The Labute approximate surface area is 118 Å². The molecule has 1 aliphatic rings. The van der Waals surface area contributed by atoms with Crippen molar-refractivity contribution in [2.45, 2.75) is 11.8 Å². The number of hydrogen-bond acceptors (Lipinski definition) is 5. The molecule has 1 heterocycles. The van der Waals surface area contributed by atoms with Gasteiger partial charge in [0, 0.05) is 37.4 Å². The quantitative estimate of drug-likeness (QED) is 0.778. The van der Waals surface area contributed by atoms with E-state index in [1.165, 1.54) is 13.0 Å². The predicted octanol–water partition coefficient (Wildman–Crippen LogP) is 0.157. The minimum absolute atomic E-state index is 0.0702. The topological polar surface area (TPSA) is 78.7 Å². The van der Waals surface area contributed by atoms with E-state index in [1.807, 2.05) is 7.05 Å². The third kappa shape index (κ3) is 3.26. The molecule has 1 fully saturated rings. The predicted molar refractivity (Wildman–Crippen MR) is 74.9 cm³/mol. The molecular formula is C12H19FN4O2S. The number of halogens is 1. The third-order valence-corrected chi connectivity index (χ3v) is 4.86. The van der Waals surface area contributed by atoms with E-state index in [4.69, 9.17) is 5.73 Å². The van der Waals surface area contributed by atoms with Gasteiger partial charge in [0.25, 0.3) is 10.0 Å². The minimum Gasteiger partial charge on any atom is -0.399 e. The number of rotatable bonds is 3. The van der Waals surface area contributed by atoms with Crippen LogP contribution in [-0.2, 0) is 10.0 Å². The Hall–Kier alpha value is -1.22. The maximum Gasteiger partial charge on any atom is 0.253 e. The first-order chi connectivity index (χ1) is 9.29. The van der Waals surface area contributed by atoms with E-state index in [1.54, 1.807) is 5.01 Å². The largest absolute Gasteiger partial charge is 0.399 e. The van der Waals surface area contributed by atoms with E-state index in [2.05, 4.69) is 9.73 Å². The summed E-state index contributed by atoms with van der Waals surface area (Å²) in [5, 5.41) is 1.62. The molecule has 8 heteroatoms. The van der Waals surface area contributed by atoms with Crippen molar-refractivity contribution in [3.63, 3.8) is 0 Å². The standard InChI is InChI=1S/C12H19FN4O2S/c1-9-11(13)7-10(14)8-12(9)20(18,19)15-17-5-3-16(2)4-6-17/h7-8,15H,3-6,14H2,1-2H3. The van der Waals surface area contributed by atoms with Crippen LogP contribution in [0.2, 0.25) is 0 Å². The number of hydrogen-bond donors (Lipinski definition) is 2. The van der Waals surface area contributed by atoms with E-state index < -0.39 is 15.8 Å². The lowest BCUT2D eigenvalue weighted by Gasteiger charge is -2.32. The summed E-state index contributed by atoms with van der Waals surface area (Å²) in [5.41, 5.74) is 5.68. The van der Waals surface area contributed by atoms with Crippen LogP contribution in [-0.4, -0.2) is 51.6 Å². The number of sulfonamides is 1. The van der Waals surface area contributed by atoms with Crippen molar-refractivity contribution in [2.75, 3.05) is 39.0 Å². The van der Waals surface area contributed by atoms with Gasteiger partial charge >= 0.3 is 0 Å². The molecule has 1 aromatic rings. The Bertz CT molecular complexity index is 598. The van der Waals surface area contributed by atoms with Gasteiger partial charge in [-0.05, 0) is 26.1 Å². The first kappa shape index (κ1) is 15.2. The van der Waals surface area contributed by atoms with Crippen LogP contribution in [0, 0.1) is 12.7 Å². The Morgan fingerprint density at radius 1 is 1.25 bits per heavy atom. The van der Waals surface area contributed by atoms with Crippen LogP contribution in [0.3, 0.4) is 0 Å². The van der Waals surface area contributed by atoms with Gasteiger partial charge in [-0.1, -0.05) is 0 Å². The summed E-state index contributed by atoms with van der Waals surface area (Å²) in [4.78, 5) is 4.47. The van der Waals surface area contributed by atoms with Gasteiger partial charge in [0.2, 0.25) is 0 Å². The highest BCUT2D eigenvalue weighted by Gasteiger charge is 2.24. The smallest absolute Gasteiger partial charge is 0.253 e. The van der Waals surface area contributed by atoms with E-state index >= 15 is 0 Å². The van der Waals surface area contributed by atoms with Crippen molar-refractivity contribution in [3.8, 4) is 0 Å². The van der Waals surface area contributed by atoms with Crippen molar-refractivity contribution in [2.24, 2.45) is 0 Å². The number of nitrogens with two attached hydrogens (primary N) is 1. The molecule has 0 amide bonds. The van der Waals surface area contributed by atoms with Crippen LogP contribution in [0.25, 0.3) is 0 Å². The Kier molecular flexibility index (Phi) is 4.28. The van der Waals surface area contributed by atoms with Gasteiger partial charge in [-0.25, -0.2) is 17.8 Å². The molecule has 112 valence electrons. The van der Waals surface area contributed by atoms with Gasteiger partial charge in [0.05, 0.1) is 4.90 Å². The lowest BCUT2D eigenvalue weighted by molar-refractivity contribution is 0.135. The van der Waals surface area contributed by atoms with Gasteiger partial charge in [-0.2, -0.15) is 0 Å². The van der Waals surface area contributed by atoms with Crippen LogP contribution < -0.4 is 10.6 Å². The molecular weight excluding hydrogens is 283 g/mol. The van der Waals surface area contributed by atoms with Crippen LogP contribution >= 0.6 is 0 Å². The van der Waals surface area contributed by atoms with E-state index in [9.17, 15) is 12.8 Å². The fraction of sp³-hybridized carbons (Fsp3) is 0.500. The first-order valence-corrected chi connectivity index (χ1v) is 7.79. The number of likely N-dealkylation sites (N-methyl/N-ethyl adjacent to an activating group) is 1. The van der Waals surface area contributed by atoms with Gasteiger partial charge in [-0.15, -0.1) is 4.83 Å². The number of anilines is 1. The zero-order valence-electron chi connectivity index (χ0n) is 11.6. The van der Waals surface area contributed by atoms with Crippen LogP contribution in [0.15, 0.2) is 17.0 Å². The minimum atomic E-state index is -3.82. The molecule has 1 aliphatic heterocycles. The highest BCUT2D eigenvalue weighted by molar-refractivity contribution is 7.89. The second kappa shape index (κ2) is 5.65. The summed E-state index contributed by atoms with van der Waals surface area (Å²) in [6.45, 7) is 4.13. The monoisotopic (exact) mass is 302 g/mol. The number of nitrogens with zero attached hydrogens (tertiary/aromatic N) is 2. The van der Waals surface area contributed by atoms with Gasteiger partial charge in [-0.3, -0.25) is 0 Å². The summed E-state index contributed by atoms with van der Waals surface area (Å²) >= 11 is 0. The van der Waals surface area contributed by atoms with Gasteiger partial charge in [0.1, 0.15) is 5.82 Å². The Morgan fingerprint density at radius 3 is 2.45 bits per heavy atom. The number of piperazine rings is 1. The highest BCUT2D eigenvalue weighted by atomic mass is 32.2. The molecule has 1 aromatic carbocycles. The number of nitrogen functional groups attached to an aromatic ring is 1. The summed E-state index contributed by atoms with van der Waals surface area (Å²) in [5.74, 6) is -0.622. The van der Waals surface area contributed by atoms with Crippen molar-refractivity contribution < 1.29 is 12.8 Å². The highest BCUT2D eigenvalue weighted by Crippen LogP contribution is 2.21. The average molecular weight is 302 g/mol. The lowest BCUT2D eigenvalue weighted by Crippen LogP contribution is -2.52. The van der Waals surface area contributed by atoms with Gasteiger partial charge in [0.15, 0.2) is 0 Å². The summed E-state index contributed by atoms with van der Waals surface area (Å²) < 4.78 is 38.2. The molecule has 1 saturated heterocycles. The molecule has 20 heavy (non-hydrogen) atoms. The number of nitrogens with one attached hydrogen (secondary N) is 1. The number of hydrazine groups is 1. The van der Waals surface area contributed by atoms with Crippen molar-refractivity contribution in [1.29, 1.82) is 0 Å². The molecule has 0 aliphatic carbocycles. The summed E-state index contributed by atoms with van der Waals surface area (Å²) in [7, 11) is -1.84. The van der Waals surface area contributed by atoms with Crippen LogP contribution in [0.5, 0.6) is 0 Å². The average Bonchev–Trinajstić information content (AvgIpc) is 2.36. The van der Waals surface area contributed by atoms with Crippen molar-refractivity contribution >= 4 is 15.7 Å². The number of benzene rings is 1. The van der Waals surface area contributed by atoms with Gasteiger partial charge < -0.3 is 10.6 Å². The lowest BCUT2D eigenvalue weighted by atomic mass is 10.2. The molecule has 3 N–H and O–H groups in total. The van der Waals surface area contributed by atoms with E-state index in [0.29, 0.717) is 13.1 Å². The maximum absolute atomic E-state index is 13.6. The third-order valence-electron chi connectivity index (χ3n) is 3.36. The molecule has 2 rings (SSSR count). The zero-order chi connectivity index (χ0) is 14.9. The Balaban J connectivity index is 2.23. The molecule has 0 saturated carbocycles. The molecule has 0 bridgehead atoms. The molecule has 0 unspecified atom stereocenters. The first-order valence-electron chi connectivity index (χ1n) is 6.31. The normalized spacial score (nSPS) is 18.4. The second-order valence-electron chi connectivity index (χ2n) is 5.01. The molecule has 0 aromatic heterocycles. The molecule has 0 radical (unpaired) electrons. The van der Waals surface area contributed by atoms with Crippen LogP contribution in [0.1, 0.15) is 5.56 Å². The van der Waals surface area contributed by atoms with Crippen molar-refractivity contribution in [1.82, 2.24) is 14.7 Å². The second-order valence-corrected chi connectivity index (χ2v) is 6.64. The van der Waals surface area contributed by atoms with Crippen LogP contribution in [0.4, 0.5) is 10.1 Å². The Morgan fingerprint density at radius 2 is 1.85 bits per heavy atom. The fourth-order valence-electron chi connectivity index (χ4n) is 2.07. The van der Waals surface area contributed by atoms with E-state index in [-0.39, 0.29) is 16.1 Å². The summed E-state index contributed by atoms with van der Waals surface area (Å²) in [6.07, 6.45) is 0. The fourth-order valence-corrected chi connectivity index (χ4v) is 3.48.